The number of carbonyl (C=O) groups is 1. The van der Waals surface area contributed by atoms with Crippen molar-refractivity contribution in [2.24, 2.45) is 0 Å². The van der Waals surface area contributed by atoms with Crippen LogP contribution in [0.25, 0.3) is 0 Å². The van der Waals surface area contributed by atoms with Crippen molar-refractivity contribution in [1.29, 1.82) is 0 Å². The molecule has 0 aliphatic carbocycles. The van der Waals surface area contributed by atoms with E-state index in [0.29, 0.717) is 13.1 Å². The molecule has 1 unspecified atom stereocenters. The average Bonchev–Trinajstić information content (AvgIpc) is 2.68. The monoisotopic (exact) mass is 266 g/mol. The van der Waals surface area contributed by atoms with Crippen LogP contribution in [-0.4, -0.2) is 55.6 Å². The van der Waals surface area contributed by atoms with E-state index in [0.717, 1.165) is 0 Å². The summed E-state index contributed by atoms with van der Waals surface area (Å²) in [5.41, 5.74) is -1.53. The summed E-state index contributed by atoms with van der Waals surface area (Å²) in [7, 11) is -3.79. The molecule has 1 heterocycles. The fraction of sp³-hybridized carbons (Fsp3) is 0.889. The number of hydrogen-bond acceptors (Lipinski definition) is 4. The van der Waals surface area contributed by atoms with Crippen molar-refractivity contribution < 1.29 is 23.1 Å². The van der Waals surface area contributed by atoms with E-state index < -0.39 is 21.7 Å². The van der Waals surface area contributed by atoms with Crippen molar-refractivity contribution in [3.8, 4) is 0 Å². The molecule has 0 amide bonds. The van der Waals surface area contributed by atoms with Crippen LogP contribution in [0.5, 0.6) is 0 Å². The molecule has 1 atom stereocenters. The molecule has 7 nitrogen and oxygen atoms in total. The molecule has 2 N–H and O–H groups in total. The van der Waals surface area contributed by atoms with Gasteiger partial charge in [-0.05, 0) is 0 Å². The number of hydrogen-bond donors (Lipinski definition) is 2. The first-order valence-corrected chi connectivity index (χ1v) is 6.92. The Bertz CT molecular complexity index is 371. The van der Waals surface area contributed by atoms with E-state index in [2.05, 4.69) is 4.72 Å². The van der Waals surface area contributed by atoms with Gasteiger partial charge < -0.3 is 9.84 Å². The van der Waals surface area contributed by atoms with Crippen LogP contribution in [0.4, 0.5) is 0 Å². The zero-order chi connectivity index (χ0) is 13.1. The van der Waals surface area contributed by atoms with Gasteiger partial charge in [-0.25, -0.2) is 0 Å². The van der Waals surface area contributed by atoms with E-state index in [1.165, 1.54) is 4.31 Å². The molecular weight excluding hydrogens is 248 g/mol. The van der Waals surface area contributed by atoms with E-state index in [9.17, 15) is 13.2 Å². The van der Waals surface area contributed by atoms with Gasteiger partial charge >= 0.3 is 5.97 Å². The van der Waals surface area contributed by atoms with E-state index in [1.807, 2.05) is 0 Å². The fourth-order valence-electron chi connectivity index (χ4n) is 1.73. The minimum absolute atomic E-state index is 0.136. The second-order valence-electron chi connectivity index (χ2n) is 3.88. The van der Waals surface area contributed by atoms with E-state index in [-0.39, 0.29) is 19.6 Å². The van der Waals surface area contributed by atoms with Crippen LogP contribution < -0.4 is 4.72 Å². The number of nitrogens with one attached hydrogen (secondary N) is 1. The lowest BCUT2D eigenvalue weighted by atomic mass is 10.0. The molecule has 1 rings (SSSR count). The first-order chi connectivity index (χ1) is 7.88. The third kappa shape index (κ3) is 2.95. The van der Waals surface area contributed by atoms with Gasteiger partial charge in [0.2, 0.25) is 0 Å². The number of nitrogens with zero attached hydrogens (tertiary/aromatic N) is 1. The molecule has 0 aromatic carbocycles. The van der Waals surface area contributed by atoms with Gasteiger partial charge in [-0.1, -0.05) is 13.8 Å². The van der Waals surface area contributed by atoms with Gasteiger partial charge in [-0.15, -0.1) is 0 Å². The highest BCUT2D eigenvalue weighted by atomic mass is 32.2. The van der Waals surface area contributed by atoms with Crippen LogP contribution >= 0.6 is 0 Å². The first kappa shape index (κ1) is 14.4. The summed E-state index contributed by atoms with van der Waals surface area (Å²) >= 11 is 0. The van der Waals surface area contributed by atoms with Gasteiger partial charge in [-0.2, -0.15) is 17.4 Å². The average molecular weight is 266 g/mol. The van der Waals surface area contributed by atoms with E-state index in [1.54, 1.807) is 13.8 Å². The van der Waals surface area contributed by atoms with Crippen molar-refractivity contribution in [2.75, 3.05) is 26.3 Å². The maximum absolute atomic E-state index is 12.0. The van der Waals surface area contributed by atoms with Crippen LogP contribution in [0.2, 0.25) is 0 Å². The van der Waals surface area contributed by atoms with Crippen molar-refractivity contribution in [1.82, 2.24) is 9.03 Å². The first-order valence-electron chi connectivity index (χ1n) is 5.48. The maximum Gasteiger partial charge on any atom is 0.327 e. The Morgan fingerprint density at radius 2 is 2.06 bits per heavy atom. The molecule has 1 aliphatic rings. The molecular formula is C9H18N2O5S. The number of rotatable bonds is 6. The summed E-state index contributed by atoms with van der Waals surface area (Å²) in [5.74, 6) is -1.20. The lowest BCUT2D eigenvalue weighted by Gasteiger charge is -2.27. The number of carboxylic acid groups (broad SMARTS) is 1. The Kier molecular flexibility index (Phi) is 4.48. The minimum Gasteiger partial charge on any atom is -0.480 e. The molecule has 0 saturated carbocycles. The van der Waals surface area contributed by atoms with Gasteiger partial charge in [0.15, 0.2) is 5.54 Å². The van der Waals surface area contributed by atoms with Gasteiger partial charge in [-0.3, -0.25) is 4.79 Å². The van der Waals surface area contributed by atoms with E-state index >= 15 is 0 Å². The summed E-state index contributed by atoms with van der Waals surface area (Å²) in [6.45, 7) is 4.09. The Morgan fingerprint density at radius 3 is 2.41 bits per heavy atom. The van der Waals surface area contributed by atoms with Gasteiger partial charge in [0.05, 0.1) is 6.61 Å². The number of aliphatic carboxylic acids is 1. The second-order valence-corrected chi connectivity index (χ2v) is 5.55. The van der Waals surface area contributed by atoms with Crippen LogP contribution in [-0.2, 0) is 19.7 Å². The number of ether oxygens (including phenoxy) is 1. The summed E-state index contributed by atoms with van der Waals surface area (Å²) in [4.78, 5) is 11.2. The van der Waals surface area contributed by atoms with Gasteiger partial charge in [0.25, 0.3) is 10.2 Å². The molecule has 0 radical (unpaired) electrons. The lowest BCUT2D eigenvalue weighted by molar-refractivity contribution is -0.144. The predicted molar refractivity (Wildman–Crippen MR) is 60.8 cm³/mol. The highest BCUT2D eigenvalue weighted by Crippen LogP contribution is 2.20. The SMILES string of the molecule is CCN(CC)S(=O)(=O)NC1(C(=O)O)CCOC1. The molecule has 8 heteroatoms. The van der Waals surface area contributed by atoms with Gasteiger partial charge in [0.1, 0.15) is 0 Å². The van der Waals surface area contributed by atoms with Crippen LogP contribution in [0.3, 0.4) is 0 Å². The Hall–Kier alpha value is -0.700. The molecule has 1 saturated heterocycles. The third-order valence-corrected chi connectivity index (χ3v) is 4.65. The molecule has 0 bridgehead atoms. The van der Waals surface area contributed by atoms with Crippen LogP contribution in [0, 0.1) is 0 Å². The summed E-state index contributed by atoms with van der Waals surface area (Å²) in [5, 5.41) is 9.13. The zero-order valence-corrected chi connectivity index (χ0v) is 10.8. The molecule has 1 aliphatic heterocycles. The van der Waals surface area contributed by atoms with Gasteiger partial charge in [0, 0.05) is 26.1 Å². The molecule has 100 valence electrons. The van der Waals surface area contributed by atoms with Crippen LogP contribution in [0.1, 0.15) is 20.3 Å². The summed E-state index contributed by atoms with van der Waals surface area (Å²) < 4.78 is 32.3. The Labute approximate surface area is 101 Å². The predicted octanol–water partition coefficient (Wildman–Crippen LogP) is -0.594. The molecule has 0 aromatic heterocycles. The van der Waals surface area contributed by atoms with Crippen molar-refractivity contribution in [2.45, 2.75) is 25.8 Å². The summed E-state index contributed by atoms with van der Waals surface area (Å²) in [6.07, 6.45) is 0.142. The topological polar surface area (TPSA) is 95.9 Å². The zero-order valence-electron chi connectivity index (χ0n) is 9.97. The van der Waals surface area contributed by atoms with Crippen molar-refractivity contribution in [3.05, 3.63) is 0 Å². The van der Waals surface area contributed by atoms with Crippen molar-refractivity contribution in [3.63, 3.8) is 0 Å². The Morgan fingerprint density at radius 1 is 1.47 bits per heavy atom. The van der Waals surface area contributed by atoms with Crippen molar-refractivity contribution >= 4 is 16.2 Å². The third-order valence-electron chi connectivity index (χ3n) is 2.80. The molecule has 17 heavy (non-hydrogen) atoms. The molecule has 1 fully saturated rings. The summed E-state index contributed by atoms with van der Waals surface area (Å²) in [6, 6.07) is 0. The minimum atomic E-state index is -3.79. The number of carboxylic acids is 1. The maximum atomic E-state index is 12.0. The Balaban J connectivity index is 2.91. The highest BCUT2D eigenvalue weighted by molar-refractivity contribution is 7.87. The van der Waals surface area contributed by atoms with Crippen LogP contribution in [0.15, 0.2) is 0 Å². The smallest absolute Gasteiger partial charge is 0.327 e. The standard InChI is InChI=1S/C9H18N2O5S/c1-3-11(4-2)17(14,15)10-9(8(12)13)5-6-16-7-9/h10H,3-7H2,1-2H3,(H,12,13). The quantitative estimate of drug-likeness (QED) is 0.669. The second kappa shape index (κ2) is 5.30. The highest BCUT2D eigenvalue weighted by Gasteiger charge is 2.46. The fourth-order valence-corrected chi connectivity index (χ4v) is 3.28. The molecule has 0 spiro atoms. The van der Waals surface area contributed by atoms with E-state index in [4.69, 9.17) is 9.84 Å². The molecule has 0 aromatic rings. The normalized spacial score (nSPS) is 25.4. The largest absolute Gasteiger partial charge is 0.480 e. The lowest BCUT2D eigenvalue weighted by Crippen LogP contribution is -2.58.